The van der Waals surface area contributed by atoms with E-state index >= 15 is 0 Å². The van der Waals surface area contributed by atoms with Crippen molar-refractivity contribution in [1.29, 1.82) is 10.5 Å². The fraction of sp³-hybridized carbons (Fsp3) is 0.444. The van der Waals surface area contributed by atoms with Gasteiger partial charge < -0.3 is 0 Å². The number of carbonyl (C=O) groups excluding carboxylic acids is 2. The molecule has 2 heterocycles. The van der Waals surface area contributed by atoms with E-state index in [2.05, 4.69) is 23.4 Å². The number of hydrogen-bond acceptors (Lipinski definition) is 5. The molecule has 0 radical (unpaired) electrons. The summed E-state index contributed by atoms with van der Waals surface area (Å²) in [5, 5.41) is 21.0. The number of rotatable bonds is 4. The first-order valence-corrected chi connectivity index (χ1v) is 7.82. The van der Waals surface area contributed by atoms with Gasteiger partial charge in [0.05, 0.1) is 12.1 Å². The van der Waals surface area contributed by atoms with Crippen molar-refractivity contribution in [3.05, 3.63) is 37.0 Å². The molecule has 0 bridgehead atoms. The zero-order valence-corrected chi connectivity index (χ0v) is 13.5. The standard InChI is InChI=1S/C18H20N4O2/c1-3-5-13(4-2)12-22-8-6-18(7-9-22)14(10-19)16(23)21-17(24)15(18)11-20/h3-5,14-15H,1-2,6-9,12H2,(H,21,23,24)/b13-5+. The quantitative estimate of drug-likeness (QED) is 0.621. The van der Waals surface area contributed by atoms with E-state index in [1.54, 1.807) is 12.2 Å². The summed E-state index contributed by atoms with van der Waals surface area (Å²) >= 11 is 0. The van der Waals surface area contributed by atoms with Crippen molar-refractivity contribution in [2.24, 2.45) is 17.3 Å². The topological polar surface area (TPSA) is 97.0 Å². The van der Waals surface area contributed by atoms with Crippen LogP contribution < -0.4 is 5.32 Å². The number of amides is 2. The van der Waals surface area contributed by atoms with E-state index in [4.69, 9.17) is 0 Å². The van der Waals surface area contributed by atoms with Gasteiger partial charge in [-0.15, -0.1) is 0 Å². The van der Waals surface area contributed by atoms with Crippen LogP contribution in [0, 0.1) is 39.9 Å². The summed E-state index contributed by atoms with van der Waals surface area (Å²) < 4.78 is 0. The van der Waals surface area contributed by atoms with Crippen LogP contribution in [0.5, 0.6) is 0 Å². The minimum absolute atomic E-state index is 0.459. The Morgan fingerprint density at radius 1 is 1.21 bits per heavy atom. The van der Waals surface area contributed by atoms with E-state index in [1.807, 2.05) is 18.2 Å². The van der Waals surface area contributed by atoms with Gasteiger partial charge in [-0.05, 0) is 31.5 Å². The second kappa shape index (κ2) is 7.25. The second-order valence-corrected chi connectivity index (χ2v) is 6.17. The third-order valence-corrected chi connectivity index (χ3v) is 4.97. The summed E-state index contributed by atoms with van der Waals surface area (Å²) in [6, 6.07) is 4.02. The maximum Gasteiger partial charge on any atom is 0.244 e. The number of carbonyl (C=O) groups is 2. The molecule has 2 aliphatic rings. The predicted octanol–water partition coefficient (Wildman–Crippen LogP) is 1.30. The summed E-state index contributed by atoms with van der Waals surface area (Å²) in [5.74, 6) is -3.10. The van der Waals surface area contributed by atoms with Crippen molar-refractivity contribution in [3.8, 4) is 12.1 Å². The van der Waals surface area contributed by atoms with Crippen LogP contribution in [-0.4, -0.2) is 36.3 Å². The SMILES string of the molecule is C=C/C=C(\C=C)CN1CCC2(CC1)C(C#N)C(=O)NC(=O)C2C#N. The first-order chi connectivity index (χ1) is 11.5. The second-order valence-electron chi connectivity index (χ2n) is 6.17. The van der Waals surface area contributed by atoms with Gasteiger partial charge in [0.2, 0.25) is 11.8 Å². The third-order valence-electron chi connectivity index (χ3n) is 4.97. The highest BCUT2D eigenvalue weighted by molar-refractivity contribution is 6.03. The first-order valence-electron chi connectivity index (χ1n) is 7.82. The lowest BCUT2D eigenvalue weighted by Crippen LogP contribution is -2.60. The molecule has 6 heteroatoms. The van der Waals surface area contributed by atoms with Crippen LogP contribution in [0.25, 0.3) is 0 Å². The summed E-state index contributed by atoms with van der Waals surface area (Å²) in [6.45, 7) is 9.35. The highest BCUT2D eigenvalue weighted by Gasteiger charge is 2.57. The average Bonchev–Trinajstić information content (AvgIpc) is 2.56. The maximum atomic E-state index is 12.1. The number of nitrogens with zero attached hydrogens (tertiary/aromatic N) is 3. The molecule has 2 rings (SSSR count). The number of allylic oxidation sites excluding steroid dienone is 2. The minimum atomic E-state index is -0.968. The van der Waals surface area contributed by atoms with E-state index in [1.165, 1.54) is 0 Å². The molecule has 2 aliphatic heterocycles. The van der Waals surface area contributed by atoms with Crippen LogP contribution in [0.3, 0.4) is 0 Å². The zero-order valence-electron chi connectivity index (χ0n) is 13.5. The molecule has 124 valence electrons. The largest absolute Gasteiger partial charge is 0.299 e. The lowest BCUT2D eigenvalue weighted by atomic mass is 9.59. The van der Waals surface area contributed by atoms with Crippen molar-refractivity contribution < 1.29 is 9.59 Å². The predicted molar refractivity (Wildman–Crippen MR) is 87.9 cm³/mol. The van der Waals surface area contributed by atoms with E-state index < -0.39 is 29.1 Å². The Labute approximate surface area is 141 Å². The molecule has 0 aromatic carbocycles. The van der Waals surface area contributed by atoms with Gasteiger partial charge in [0.25, 0.3) is 0 Å². The molecule has 2 atom stereocenters. The number of imide groups is 1. The Hall–Kier alpha value is -2.70. The number of nitrogens with one attached hydrogen (secondary N) is 1. The number of nitriles is 2. The van der Waals surface area contributed by atoms with Crippen LogP contribution in [0.4, 0.5) is 0 Å². The van der Waals surface area contributed by atoms with E-state index in [0.717, 1.165) is 5.57 Å². The maximum absolute atomic E-state index is 12.1. The Morgan fingerprint density at radius 2 is 1.75 bits per heavy atom. The van der Waals surface area contributed by atoms with Crippen LogP contribution in [0.2, 0.25) is 0 Å². The molecular weight excluding hydrogens is 304 g/mol. The van der Waals surface area contributed by atoms with Crippen LogP contribution in [0.1, 0.15) is 12.8 Å². The van der Waals surface area contributed by atoms with E-state index in [0.29, 0.717) is 32.5 Å². The van der Waals surface area contributed by atoms with Gasteiger partial charge in [-0.25, -0.2) is 0 Å². The van der Waals surface area contributed by atoms with Crippen molar-refractivity contribution in [1.82, 2.24) is 10.2 Å². The molecule has 0 aromatic heterocycles. The van der Waals surface area contributed by atoms with Crippen LogP contribution >= 0.6 is 0 Å². The summed E-state index contributed by atoms with van der Waals surface area (Å²) in [4.78, 5) is 26.3. The van der Waals surface area contributed by atoms with Gasteiger partial charge in [0, 0.05) is 12.0 Å². The molecule has 2 unspecified atom stereocenters. The molecule has 0 saturated carbocycles. The molecule has 2 saturated heterocycles. The Balaban J connectivity index is 2.21. The summed E-state index contributed by atoms with van der Waals surface area (Å²) in [6.07, 6.45) is 6.26. The zero-order chi connectivity index (χ0) is 17.7. The molecule has 2 fully saturated rings. The first kappa shape index (κ1) is 17.7. The molecule has 0 aromatic rings. The normalized spacial score (nSPS) is 27.0. The molecule has 0 aliphatic carbocycles. The van der Waals surface area contributed by atoms with Gasteiger partial charge in [-0.2, -0.15) is 10.5 Å². The van der Waals surface area contributed by atoms with E-state index in [-0.39, 0.29) is 0 Å². The molecule has 1 spiro atoms. The van der Waals surface area contributed by atoms with E-state index in [9.17, 15) is 20.1 Å². The number of hydrogen-bond donors (Lipinski definition) is 1. The van der Waals surface area contributed by atoms with Gasteiger partial charge in [0.1, 0.15) is 11.8 Å². The lowest BCUT2D eigenvalue weighted by Gasteiger charge is -2.47. The number of likely N-dealkylation sites (tertiary alicyclic amines) is 1. The highest BCUT2D eigenvalue weighted by Crippen LogP contribution is 2.47. The molecule has 2 amide bonds. The minimum Gasteiger partial charge on any atom is -0.299 e. The Bertz CT molecular complexity index is 638. The Kier molecular flexibility index (Phi) is 5.33. The van der Waals surface area contributed by atoms with Crippen LogP contribution in [-0.2, 0) is 9.59 Å². The number of piperidine rings is 2. The molecule has 6 nitrogen and oxygen atoms in total. The molecule has 1 N–H and O–H groups in total. The van der Waals surface area contributed by atoms with Gasteiger partial charge in [-0.1, -0.05) is 31.4 Å². The summed E-state index contributed by atoms with van der Waals surface area (Å²) in [5.41, 5.74) is 0.127. The third kappa shape index (κ3) is 3.02. The highest BCUT2D eigenvalue weighted by atomic mass is 16.2. The average molecular weight is 324 g/mol. The molecule has 24 heavy (non-hydrogen) atoms. The fourth-order valence-corrected chi connectivity index (χ4v) is 3.63. The fourth-order valence-electron chi connectivity index (χ4n) is 3.63. The Morgan fingerprint density at radius 3 is 2.17 bits per heavy atom. The monoisotopic (exact) mass is 324 g/mol. The molecular formula is C18H20N4O2. The lowest BCUT2D eigenvalue weighted by molar-refractivity contribution is -0.147. The summed E-state index contributed by atoms with van der Waals surface area (Å²) in [7, 11) is 0. The van der Waals surface area contributed by atoms with Crippen molar-refractivity contribution in [2.45, 2.75) is 12.8 Å². The smallest absolute Gasteiger partial charge is 0.244 e. The van der Waals surface area contributed by atoms with Gasteiger partial charge in [0.15, 0.2) is 0 Å². The van der Waals surface area contributed by atoms with Crippen molar-refractivity contribution in [2.75, 3.05) is 19.6 Å². The van der Waals surface area contributed by atoms with Gasteiger partial charge in [-0.3, -0.25) is 19.8 Å². The van der Waals surface area contributed by atoms with Crippen molar-refractivity contribution in [3.63, 3.8) is 0 Å². The van der Waals surface area contributed by atoms with Crippen molar-refractivity contribution >= 4 is 11.8 Å². The van der Waals surface area contributed by atoms with Crippen LogP contribution in [0.15, 0.2) is 37.0 Å². The van der Waals surface area contributed by atoms with Gasteiger partial charge >= 0.3 is 0 Å².